The highest BCUT2D eigenvalue weighted by Crippen LogP contribution is 2.57. The zero-order valence-electron chi connectivity index (χ0n) is 8.95. The molecule has 0 aliphatic rings. The van der Waals surface area contributed by atoms with E-state index in [4.69, 9.17) is 34.8 Å². The van der Waals surface area contributed by atoms with E-state index in [1.54, 1.807) is 0 Å². The van der Waals surface area contributed by atoms with Crippen LogP contribution >= 0.6 is 58.0 Å². The van der Waals surface area contributed by atoms with Crippen molar-refractivity contribution in [2.75, 3.05) is 5.88 Å². The van der Waals surface area contributed by atoms with Gasteiger partial charge >= 0.3 is 17.8 Å². The van der Waals surface area contributed by atoms with E-state index in [0.29, 0.717) is 0 Å². The molecule has 0 bridgehead atoms. The molecular weight excluding hydrogens is 406 g/mol. The van der Waals surface area contributed by atoms with E-state index >= 15 is 0 Å². The molecule has 0 heterocycles. The van der Waals surface area contributed by atoms with Crippen molar-refractivity contribution < 1.29 is 30.7 Å². The first-order chi connectivity index (χ1) is 8.66. The van der Waals surface area contributed by atoms with Crippen LogP contribution in [0.3, 0.4) is 0 Å². The van der Waals surface area contributed by atoms with Crippen molar-refractivity contribution in [3.05, 3.63) is 9.52 Å². The lowest BCUT2D eigenvalue weighted by Gasteiger charge is -2.37. The van der Waals surface area contributed by atoms with Crippen LogP contribution in [0, 0.1) is 0 Å². The van der Waals surface area contributed by atoms with Crippen molar-refractivity contribution >= 4 is 58.0 Å². The van der Waals surface area contributed by atoms with Gasteiger partial charge in [-0.05, 0) is 0 Å². The van der Waals surface area contributed by atoms with Crippen LogP contribution in [0.5, 0.6) is 0 Å². The highest BCUT2D eigenvalue weighted by molar-refractivity contribution is 6.59. The van der Waals surface area contributed by atoms with Crippen LogP contribution in [0.1, 0.15) is 6.42 Å². The van der Waals surface area contributed by atoms with Gasteiger partial charge in [-0.2, -0.15) is 26.3 Å². The molecule has 0 aromatic carbocycles. The standard InChI is InChI=1S/C8H4Cl5F7/c9-2-1-5(13,14)7(17,18)8(19,20)6(15,16)3(10)4(11)12/h1-2H2. The van der Waals surface area contributed by atoms with Gasteiger partial charge in [0, 0.05) is 12.3 Å². The molecule has 0 fully saturated rings. The first-order valence-corrected chi connectivity index (χ1v) is 6.50. The molecule has 0 saturated carbocycles. The quantitative estimate of drug-likeness (QED) is 0.356. The number of hydrogen-bond acceptors (Lipinski definition) is 0. The molecular formula is C8H4Cl5F7. The summed E-state index contributed by atoms with van der Waals surface area (Å²) < 4.78 is 91.6. The fraction of sp³-hybridized carbons (Fsp3) is 0.750. The van der Waals surface area contributed by atoms with Gasteiger partial charge in [-0.25, -0.2) is 4.39 Å². The minimum absolute atomic E-state index is 0.920. The Bertz CT molecular complexity index is 389. The minimum atomic E-state index is -6.31. The molecule has 0 aliphatic carbocycles. The highest BCUT2D eigenvalue weighted by Gasteiger charge is 2.80. The van der Waals surface area contributed by atoms with Crippen LogP contribution in [-0.4, -0.2) is 28.8 Å². The van der Waals surface area contributed by atoms with Crippen LogP contribution in [-0.2, 0) is 0 Å². The van der Waals surface area contributed by atoms with Crippen molar-refractivity contribution in [1.29, 1.82) is 0 Å². The molecule has 0 spiro atoms. The summed E-state index contributed by atoms with van der Waals surface area (Å²) in [5, 5.41) is -6.80. The third-order valence-corrected chi connectivity index (χ3v) is 3.71. The molecule has 12 heteroatoms. The lowest BCUT2D eigenvalue weighted by Crippen LogP contribution is -2.62. The van der Waals surface area contributed by atoms with Crippen LogP contribution in [0.2, 0.25) is 0 Å². The van der Waals surface area contributed by atoms with Crippen molar-refractivity contribution in [3.63, 3.8) is 0 Å². The van der Waals surface area contributed by atoms with Gasteiger partial charge in [-0.1, -0.05) is 46.4 Å². The Morgan fingerprint density at radius 3 is 1.50 bits per heavy atom. The Labute approximate surface area is 133 Å². The predicted molar refractivity (Wildman–Crippen MR) is 64.5 cm³/mol. The lowest BCUT2D eigenvalue weighted by atomic mass is 9.98. The Morgan fingerprint density at radius 1 is 0.800 bits per heavy atom. The first kappa shape index (κ1) is 20.7. The zero-order valence-corrected chi connectivity index (χ0v) is 12.7. The summed E-state index contributed by atoms with van der Waals surface area (Å²) in [7, 11) is 0. The van der Waals surface area contributed by atoms with Gasteiger partial charge < -0.3 is 0 Å². The molecule has 0 rings (SSSR count). The van der Waals surface area contributed by atoms with Gasteiger partial charge in [0.25, 0.3) is 5.13 Å². The molecule has 1 unspecified atom stereocenters. The second-order valence-electron chi connectivity index (χ2n) is 3.44. The van der Waals surface area contributed by atoms with E-state index in [2.05, 4.69) is 23.2 Å². The van der Waals surface area contributed by atoms with Crippen LogP contribution in [0.15, 0.2) is 9.52 Å². The monoisotopic (exact) mass is 408 g/mol. The van der Waals surface area contributed by atoms with Gasteiger partial charge in [0.2, 0.25) is 0 Å². The number of hydrogen-bond donors (Lipinski definition) is 0. The second kappa shape index (κ2) is 6.44. The topological polar surface area (TPSA) is 0 Å². The molecule has 0 amide bonds. The number of rotatable bonds is 6. The van der Waals surface area contributed by atoms with Gasteiger partial charge in [0.05, 0.1) is 0 Å². The van der Waals surface area contributed by atoms with E-state index in [1.165, 1.54) is 0 Å². The molecule has 0 aliphatic heterocycles. The third-order valence-electron chi connectivity index (χ3n) is 2.10. The van der Waals surface area contributed by atoms with E-state index < -0.39 is 44.7 Å². The average Bonchev–Trinajstić information content (AvgIpc) is 2.26. The Morgan fingerprint density at radius 2 is 1.20 bits per heavy atom. The van der Waals surface area contributed by atoms with E-state index in [0.717, 1.165) is 0 Å². The average molecular weight is 410 g/mol. The van der Waals surface area contributed by atoms with Gasteiger partial charge in [-0.3, -0.25) is 0 Å². The summed E-state index contributed by atoms with van der Waals surface area (Å²) in [6.45, 7) is 0. The largest absolute Gasteiger partial charge is 0.381 e. The maximum atomic E-state index is 13.4. The Kier molecular flexibility index (Phi) is 6.67. The van der Waals surface area contributed by atoms with Crippen molar-refractivity contribution in [1.82, 2.24) is 0 Å². The summed E-state index contributed by atoms with van der Waals surface area (Å²) in [6, 6.07) is 0. The highest BCUT2D eigenvalue weighted by atomic mass is 35.5. The lowest BCUT2D eigenvalue weighted by molar-refractivity contribution is -0.318. The van der Waals surface area contributed by atoms with Crippen molar-refractivity contribution in [2.45, 2.75) is 29.3 Å². The van der Waals surface area contributed by atoms with Crippen LogP contribution < -0.4 is 0 Å². The second-order valence-corrected chi connectivity index (χ2v) is 5.75. The molecule has 0 N–H and O–H groups in total. The zero-order chi connectivity index (χ0) is 16.6. The molecule has 1 atom stereocenters. The normalized spacial score (nSPS) is 16.8. The molecule has 0 radical (unpaired) electrons. The minimum Gasteiger partial charge on any atom is -0.219 e. The van der Waals surface area contributed by atoms with Crippen molar-refractivity contribution in [2.24, 2.45) is 0 Å². The van der Waals surface area contributed by atoms with Gasteiger partial charge in [0.1, 0.15) is 9.52 Å². The van der Waals surface area contributed by atoms with E-state index in [-0.39, 0.29) is 0 Å². The molecule has 0 saturated heterocycles. The Balaban J connectivity index is 5.91. The number of alkyl halides is 9. The molecule has 0 nitrogen and oxygen atoms in total. The molecule has 120 valence electrons. The van der Waals surface area contributed by atoms with E-state index in [9.17, 15) is 30.7 Å². The smallest absolute Gasteiger partial charge is 0.219 e. The fourth-order valence-electron chi connectivity index (χ4n) is 0.959. The van der Waals surface area contributed by atoms with Gasteiger partial charge in [-0.15, -0.1) is 11.6 Å². The molecule has 0 aromatic heterocycles. The summed E-state index contributed by atoms with van der Waals surface area (Å²) in [6.07, 6.45) is -1.52. The van der Waals surface area contributed by atoms with Crippen molar-refractivity contribution in [3.8, 4) is 0 Å². The summed E-state index contributed by atoms with van der Waals surface area (Å²) in [5.41, 5.74) is 0. The summed E-state index contributed by atoms with van der Waals surface area (Å²) in [4.78, 5) is 0. The SMILES string of the molecule is FC(Cl)(CCCl)C(F)(F)C(F)(F)C(F)(F)C(Cl)=C(Cl)Cl. The van der Waals surface area contributed by atoms with E-state index in [1.807, 2.05) is 0 Å². The Hall–Kier alpha value is 0.700. The van der Waals surface area contributed by atoms with Gasteiger partial charge in [0.15, 0.2) is 0 Å². The maximum absolute atomic E-state index is 13.4. The predicted octanol–water partition coefficient (Wildman–Crippen LogP) is 6.31. The summed E-state index contributed by atoms with van der Waals surface area (Å²) >= 11 is 23.7. The number of halogens is 12. The molecule has 0 aromatic rings. The number of allylic oxidation sites excluding steroid dienone is 1. The first-order valence-electron chi connectivity index (χ1n) is 4.45. The third kappa shape index (κ3) is 3.37. The summed E-state index contributed by atoms with van der Waals surface area (Å²) in [5.74, 6) is -19.0. The maximum Gasteiger partial charge on any atom is 0.381 e. The fourth-order valence-corrected chi connectivity index (χ4v) is 1.89. The van der Waals surface area contributed by atoms with Crippen LogP contribution in [0.25, 0.3) is 0 Å². The van der Waals surface area contributed by atoms with Crippen LogP contribution in [0.4, 0.5) is 30.7 Å². The molecule has 20 heavy (non-hydrogen) atoms.